The Morgan fingerprint density at radius 2 is 1.75 bits per heavy atom. The lowest BCUT2D eigenvalue weighted by Gasteiger charge is -2.58. The molecule has 1 aromatic carbocycles. The molecule has 1 spiro atoms. The zero-order chi connectivity index (χ0) is 35.0. The lowest BCUT2D eigenvalue weighted by atomic mass is 9.48. The number of nitrogens with one attached hydrogen (secondary N) is 1. The fraction of sp³-hybridized carbons (Fsp3) is 0.541. The van der Waals surface area contributed by atoms with Crippen molar-refractivity contribution in [1.82, 2.24) is 5.32 Å². The van der Waals surface area contributed by atoms with Crippen molar-refractivity contribution < 1.29 is 47.7 Å². The SMILES string of the molecule is C=C1C([C@@]2(C)C=CC(=O)OC(C)(C)[C@@H]2CC(=O)OC)[C@@H](OC(C)=O)[C@H](OC(=O)c2ccccc2)[C@@]2(C)[C@H](C3=CC(C)NC3=O)C[C@H]3O[C@]132. The van der Waals surface area contributed by atoms with E-state index in [9.17, 15) is 24.0 Å². The number of ether oxygens (including phenoxy) is 5. The van der Waals surface area contributed by atoms with Crippen LogP contribution in [-0.2, 0) is 42.9 Å². The molecule has 6 rings (SSSR count). The highest BCUT2D eigenvalue weighted by Gasteiger charge is 2.84. The summed E-state index contributed by atoms with van der Waals surface area (Å²) < 4.78 is 30.3. The molecule has 256 valence electrons. The number of carbonyl (C=O) groups excluding carboxylic acids is 5. The van der Waals surface area contributed by atoms with Gasteiger partial charge in [-0.1, -0.05) is 50.8 Å². The molecule has 3 fully saturated rings. The van der Waals surface area contributed by atoms with E-state index in [1.54, 1.807) is 50.3 Å². The minimum atomic E-state index is -1.20. The van der Waals surface area contributed by atoms with E-state index in [1.165, 1.54) is 20.1 Å². The van der Waals surface area contributed by atoms with Gasteiger partial charge in [0.2, 0.25) is 5.91 Å². The van der Waals surface area contributed by atoms with Crippen LogP contribution in [0, 0.1) is 28.6 Å². The first-order valence-electron chi connectivity index (χ1n) is 16.3. The fourth-order valence-corrected chi connectivity index (χ4v) is 9.49. The minimum absolute atomic E-state index is 0.148. The molecule has 2 aliphatic carbocycles. The molecule has 0 radical (unpaired) electrons. The van der Waals surface area contributed by atoms with Crippen molar-refractivity contribution in [2.45, 2.75) is 89.9 Å². The van der Waals surface area contributed by atoms with E-state index in [1.807, 2.05) is 26.8 Å². The quantitative estimate of drug-likeness (QED) is 0.197. The predicted molar refractivity (Wildman–Crippen MR) is 171 cm³/mol. The molecule has 1 saturated heterocycles. The van der Waals surface area contributed by atoms with Gasteiger partial charge in [-0.2, -0.15) is 0 Å². The third-order valence-corrected chi connectivity index (χ3v) is 11.5. The number of rotatable bonds is 7. The molecule has 1 N–H and O–H groups in total. The van der Waals surface area contributed by atoms with Crippen LogP contribution < -0.4 is 5.32 Å². The van der Waals surface area contributed by atoms with Crippen molar-refractivity contribution in [3.63, 3.8) is 0 Å². The van der Waals surface area contributed by atoms with E-state index in [-0.39, 0.29) is 30.0 Å². The van der Waals surface area contributed by atoms with Gasteiger partial charge in [0.1, 0.15) is 23.4 Å². The van der Waals surface area contributed by atoms with E-state index in [0.717, 1.165) is 0 Å². The molecule has 3 aliphatic heterocycles. The van der Waals surface area contributed by atoms with Gasteiger partial charge < -0.3 is 29.0 Å². The highest BCUT2D eigenvalue weighted by atomic mass is 16.6. The molecule has 3 heterocycles. The van der Waals surface area contributed by atoms with Gasteiger partial charge in [0, 0.05) is 47.8 Å². The van der Waals surface area contributed by atoms with Crippen LogP contribution in [0.2, 0.25) is 0 Å². The Labute approximate surface area is 280 Å². The molecule has 11 heteroatoms. The first-order valence-corrected chi connectivity index (χ1v) is 16.3. The second-order valence-corrected chi connectivity index (χ2v) is 14.6. The third kappa shape index (κ3) is 4.92. The Balaban J connectivity index is 1.58. The summed E-state index contributed by atoms with van der Waals surface area (Å²) in [6.45, 7) is 15.0. The minimum Gasteiger partial charge on any atom is -0.469 e. The van der Waals surface area contributed by atoms with E-state index < -0.39 is 75.9 Å². The monoisotopic (exact) mass is 661 g/mol. The Morgan fingerprint density at radius 3 is 2.35 bits per heavy atom. The summed E-state index contributed by atoms with van der Waals surface area (Å²) in [5.74, 6) is -4.64. The van der Waals surface area contributed by atoms with Gasteiger partial charge in [0.15, 0.2) is 0 Å². The van der Waals surface area contributed by atoms with Crippen LogP contribution >= 0.6 is 0 Å². The lowest BCUT2D eigenvalue weighted by Crippen LogP contribution is -2.67. The molecule has 48 heavy (non-hydrogen) atoms. The second-order valence-electron chi connectivity index (χ2n) is 14.6. The summed E-state index contributed by atoms with van der Waals surface area (Å²) >= 11 is 0. The molecule has 2 saturated carbocycles. The highest BCUT2D eigenvalue weighted by Crippen LogP contribution is 2.75. The number of amides is 1. The van der Waals surface area contributed by atoms with Crippen LogP contribution in [-0.4, -0.2) is 72.5 Å². The summed E-state index contributed by atoms with van der Waals surface area (Å²) in [4.78, 5) is 66.3. The van der Waals surface area contributed by atoms with Crippen LogP contribution in [0.4, 0.5) is 0 Å². The molecular formula is C37H43NO10. The van der Waals surface area contributed by atoms with Crippen molar-refractivity contribution >= 4 is 29.8 Å². The topological polar surface area (TPSA) is 147 Å². The maximum Gasteiger partial charge on any atom is 0.338 e. The molecule has 1 aromatic rings. The van der Waals surface area contributed by atoms with Crippen LogP contribution in [0.1, 0.15) is 64.7 Å². The van der Waals surface area contributed by atoms with Crippen molar-refractivity contribution in [3.8, 4) is 0 Å². The zero-order valence-corrected chi connectivity index (χ0v) is 28.4. The number of benzene rings is 1. The van der Waals surface area contributed by atoms with Crippen molar-refractivity contribution in [3.05, 3.63) is 71.8 Å². The number of hydrogen-bond donors (Lipinski definition) is 1. The first-order chi connectivity index (χ1) is 22.5. The second kappa shape index (κ2) is 11.4. The van der Waals surface area contributed by atoms with E-state index >= 15 is 0 Å². The van der Waals surface area contributed by atoms with Gasteiger partial charge in [-0.25, -0.2) is 9.59 Å². The summed E-state index contributed by atoms with van der Waals surface area (Å²) in [7, 11) is 1.28. The average molecular weight is 662 g/mol. The van der Waals surface area contributed by atoms with Gasteiger partial charge >= 0.3 is 23.9 Å². The molecule has 11 nitrogen and oxygen atoms in total. The molecule has 0 bridgehead atoms. The van der Waals surface area contributed by atoms with Crippen LogP contribution in [0.3, 0.4) is 0 Å². The van der Waals surface area contributed by atoms with Crippen LogP contribution in [0.15, 0.2) is 66.3 Å². The Bertz CT molecular complexity index is 1650. The normalized spacial score (nSPS) is 39.2. The van der Waals surface area contributed by atoms with Crippen LogP contribution in [0.5, 0.6) is 0 Å². The standard InChI is InChI=1S/C37H43NO10/c1-19-16-23(32(42)38-19)24-17-26-37(47-26)20(2)29(35(6)15-14-27(40)48-34(4,5)25(35)18-28(41)44-8)30(45-21(3)39)31(36(24,37)7)46-33(43)22-12-10-9-11-13-22/h9-16,19,24-26,29-31H,2,17-18H2,1,3-8H3,(H,38,42)/t19?,24-,25-,26+,29?,30+,31-,35-,36+,37+/m0/s1. The number of carbonyl (C=O) groups is 5. The van der Waals surface area contributed by atoms with E-state index in [2.05, 4.69) is 11.9 Å². The zero-order valence-electron chi connectivity index (χ0n) is 28.4. The smallest absolute Gasteiger partial charge is 0.338 e. The Morgan fingerprint density at radius 1 is 1.06 bits per heavy atom. The molecule has 0 aromatic heterocycles. The predicted octanol–water partition coefficient (Wildman–Crippen LogP) is 4.02. The number of esters is 4. The number of allylic oxidation sites excluding steroid dienone is 1. The summed E-state index contributed by atoms with van der Waals surface area (Å²) in [6, 6.07) is 8.28. The number of hydrogen-bond acceptors (Lipinski definition) is 10. The highest BCUT2D eigenvalue weighted by molar-refractivity contribution is 5.97. The summed E-state index contributed by atoms with van der Waals surface area (Å²) in [5.41, 5.74) is -3.18. The number of cyclic esters (lactones) is 1. The number of methoxy groups -OCH3 is 1. The molecule has 10 atom stereocenters. The third-order valence-electron chi connectivity index (χ3n) is 11.5. The maximum atomic E-state index is 14.0. The largest absolute Gasteiger partial charge is 0.469 e. The summed E-state index contributed by atoms with van der Waals surface area (Å²) in [5, 5.41) is 2.95. The number of epoxide rings is 1. The molecule has 5 aliphatic rings. The van der Waals surface area contributed by atoms with Gasteiger partial charge in [-0.05, 0) is 44.9 Å². The first kappa shape index (κ1) is 33.6. The van der Waals surface area contributed by atoms with Gasteiger partial charge in [-0.3, -0.25) is 14.4 Å². The van der Waals surface area contributed by atoms with Gasteiger partial charge in [-0.15, -0.1) is 0 Å². The van der Waals surface area contributed by atoms with Crippen LogP contribution in [0.25, 0.3) is 0 Å². The Hall–Kier alpha value is -4.25. The van der Waals surface area contributed by atoms with Crippen molar-refractivity contribution in [1.29, 1.82) is 0 Å². The van der Waals surface area contributed by atoms with E-state index in [4.69, 9.17) is 23.7 Å². The lowest BCUT2D eigenvalue weighted by molar-refractivity contribution is -0.198. The molecule has 1 amide bonds. The fourth-order valence-electron chi connectivity index (χ4n) is 9.49. The average Bonchev–Trinajstić information content (AvgIpc) is 3.59. The van der Waals surface area contributed by atoms with Gasteiger partial charge in [0.25, 0.3) is 0 Å². The van der Waals surface area contributed by atoms with Gasteiger partial charge in [0.05, 0.1) is 30.6 Å². The van der Waals surface area contributed by atoms with Crippen molar-refractivity contribution in [2.75, 3.05) is 7.11 Å². The van der Waals surface area contributed by atoms with E-state index in [0.29, 0.717) is 17.6 Å². The van der Waals surface area contributed by atoms with Crippen molar-refractivity contribution in [2.24, 2.45) is 28.6 Å². The molecular weight excluding hydrogens is 618 g/mol. The maximum absolute atomic E-state index is 14.0. The Kier molecular flexibility index (Phi) is 8.01. The summed E-state index contributed by atoms with van der Waals surface area (Å²) in [6.07, 6.45) is 2.45. The molecule has 2 unspecified atom stereocenters.